The van der Waals surface area contributed by atoms with Crippen molar-refractivity contribution in [2.24, 2.45) is 0 Å². The van der Waals surface area contributed by atoms with Crippen LogP contribution in [-0.4, -0.2) is 29.0 Å². The highest BCUT2D eigenvalue weighted by molar-refractivity contribution is 5.77. The van der Waals surface area contributed by atoms with E-state index >= 15 is 0 Å². The van der Waals surface area contributed by atoms with Gasteiger partial charge in [-0.1, -0.05) is 110 Å². The Morgan fingerprint density at radius 1 is 0.744 bits per heavy atom. The van der Waals surface area contributed by atoms with E-state index < -0.39 is 6.10 Å². The maximum absolute atomic E-state index is 13.4. The van der Waals surface area contributed by atoms with Gasteiger partial charge in [0.25, 0.3) is 0 Å². The third kappa shape index (κ3) is 7.58. The second-order valence-electron chi connectivity index (χ2n) is 10.3. The maximum atomic E-state index is 13.4. The number of aliphatic hydroxyl groups excluding tert-OH is 1. The SMILES string of the molecule is CC[C@H](CC(=O)N(C)[C@H](C)[C@@H](O)c1ccccc1)c1cccc(N(Cc2ccccc2)Cc2ccccc2)c1. The number of aliphatic hydroxyl groups is 1. The van der Waals surface area contributed by atoms with Crippen LogP contribution in [-0.2, 0) is 17.9 Å². The largest absolute Gasteiger partial charge is 0.386 e. The first-order valence-corrected chi connectivity index (χ1v) is 13.9. The van der Waals surface area contributed by atoms with E-state index in [0.717, 1.165) is 30.8 Å². The fourth-order valence-electron chi connectivity index (χ4n) is 5.04. The van der Waals surface area contributed by atoms with E-state index in [0.29, 0.717) is 6.42 Å². The third-order valence-electron chi connectivity index (χ3n) is 7.66. The van der Waals surface area contributed by atoms with E-state index in [-0.39, 0.29) is 17.9 Å². The topological polar surface area (TPSA) is 43.8 Å². The number of carbonyl (C=O) groups excluding carboxylic acids is 1. The van der Waals surface area contributed by atoms with Gasteiger partial charge in [0.15, 0.2) is 0 Å². The second-order valence-corrected chi connectivity index (χ2v) is 10.3. The van der Waals surface area contributed by atoms with Gasteiger partial charge in [0, 0.05) is 32.2 Å². The molecule has 0 aliphatic rings. The van der Waals surface area contributed by atoms with Crippen LogP contribution in [0, 0.1) is 0 Å². The zero-order valence-corrected chi connectivity index (χ0v) is 23.3. The molecule has 4 aromatic rings. The average molecular weight is 521 g/mol. The van der Waals surface area contributed by atoms with Crippen molar-refractivity contribution >= 4 is 11.6 Å². The Hall–Kier alpha value is -3.89. The predicted octanol–water partition coefficient (Wildman–Crippen LogP) is 7.36. The Labute approximate surface area is 233 Å². The molecule has 202 valence electrons. The first-order chi connectivity index (χ1) is 19.0. The normalized spacial score (nSPS) is 13.3. The zero-order valence-electron chi connectivity index (χ0n) is 23.3. The van der Waals surface area contributed by atoms with Crippen LogP contribution >= 0.6 is 0 Å². The van der Waals surface area contributed by atoms with Crippen molar-refractivity contribution < 1.29 is 9.90 Å². The van der Waals surface area contributed by atoms with Gasteiger partial charge >= 0.3 is 0 Å². The van der Waals surface area contributed by atoms with Crippen LogP contribution in [0.4, 0.5) is 5.69 Å². The predicted molar refractivity (Wildman–Crippen MR) is 160 cm³/mol. The van der Waals surface area contributed by atoms with E-state index in [1.54, 1.807) is 11.9 Å². The highest BCUT2D eigenvalue weighted by Gasteiger charge is 2.26. The van der Waals surface area contributed by atoms with E-state index in [1.807, 2.05) is 49.4 Å². The summed E-state index contributed by atoms with van der Waals surface area (Å²) >= 11 is 0. The molecule has 0 fully saturated rings. The minimum atomic E-state index is -0.729. The molecule has 0 aliphatic carbocycles. The van der Waals surface area contributed by atoms with Gasteiger partial charge in [0.05, 0.1) is 12.1 Å². The number of nitrogens with zero attached hydrogens (tertiary/aromatic N) is 2. The Morgan fingerprint density at radius 3 is 1.79 bits per heavy atom. The highest BCUT2D eigenvalue weighted by Crippen LogP contribution is 2.30. The number of hydrogen-bond acceptors (Lipinski definition) is 3. The summed E-state index contributed by atoms with van der Waals surface area (Å²) < 4.78 is 0. The van der Waals surface area contributed by atoms with Gasteiger partial charge in [-0.2, -0.15) is 0 Å². The molecule has 0 spiro atoms. The van der Waals surface area contributed by atoms with Crippen molar-refractivity contribution in [1.29, 1.82) is 0 Å². The summed E-state index contributed by atoms with van der Waals surface area (Å²) in [6, 6.07) is 38.9. The first kappa shape index (κ1) is 28.1. The molecule has 3 atom stereocenters. The quantitative estimate of drug-likeness (QED) is 0.212. The van der Waals surface area contributed by atoms with Crippen molar-refractivity contribution in [3.8, 4) is 0 Å². The summed E-state index contributed by atoms with van der Waals surface area (Å²) in [5.41, 5.74) is 5.65. The molecule has 4 heteroatoms. The first-order valence-electron chi connectivity index (χ1n) is 13.9. The number of hydrogen-bond donors (Lipinski definition) is 1. The molecule has 0 aliphatic heterocycles. The molecule has 0 saturated heterocycles. The second kappa shape index (κ2) is 13.8. The molecule has 0 aromatic heterocycles. The smallest absolute Gasteiger partial charge is 0.223 e. The molecule has 0 radical (unpaired) electrons. The van der Waals surface area contributed by atoms with E-state index in [9.17, 15) is 9.90 Å². The number of amides is 1. The zero-order chi connectivity index (χ0) is 27.6. The lowest BCUT2D eigenvalue weighted by atomic mass is 9.91. The van der Waals surface area contributed by atoms with E-state index in [1.165, 1.54) is 16.7 Å². The number of carbonyl (C=O) groups is 1. The standard InChI is InChI=1S/C35H40N2O2/c1-4-30(24-34(38)36(3)27(2)35(39)31-19-12-7-13-20-31)32-21-14-22-33(23-32)37(25-28-15-8-5-9-16-28)26-29-17-10-6-11-18-29/h5-23,27,30,35,39H,4,24-26H2,1-3H3/t27-,30-,35-/m1/s1. The molecule has 39 heavy (non-hydrogen) atoms. The monoisotopic (exact) mass is 520 g/mol. The summed E-state index contributed by atoms with van der Waals surface area (Å²) in [7, 11) is 1.80. The number of rotatable bonds is 12. The Morgan fingerprint density at radius 2 is 1.26 bits per heavy atom. The lowest BCUT2D eigenvalue weighted by Crippen LogP contribution is -2.39. The van der Waals surface area contributed by atoms with Crippen LogP contribution in [0.3, 0.4) is 0 Å². The lowest BCUT2D eigenvalue weighted by molar-refractivity contribution is -0.134. The van der Waals surface area contributed by atoms with E-state index in [2.05, 4.69) is 84.6 Å². The summed E-state index contributed by atoms with van der Waals surface area (Å²) in [5.74, 6) is 0.136. The fraction of sp³-hybridized carbons (Fsp3) is 0.286. The minimum absolute atomic E-state index is 0.0418. The molecule has 1 N–H and O–H groups in total. The molecule has 4 nitrogen and oxygen atoms in total. The molecule has 0 bridgehead atoms. The van der Waals surface area contributed by atoms with Crippen molar-refractivity contribution in [3.63, 3.8) is 0 Å². The summed E-state index contributed by atoms with van der Waals surface area (Å²) in [6.45, 7) is 5.64. The molecular weight excluding hydrogens is 480 g/mol. The molecule has 1 amide bonds. The Bertz CT molecular complexity index is 1250. The fourth-order valence-corrected chi connectivity index (χ4v) is 5.04. The molecule has 0 saturated carbocycles. The van der Waals surface area contributed by atoms with Crippen molar-refractivity contribution in [3.05, 3.63) is 138 Å². The molecule has 0 unspecified atom stereocenters. The van der Waals surface area contributed by atoms with Crippen molar-refractivity contribution in [2.45, 2.75) is 57.8 Å². The Kier molecular flexibility index (Phi) is 9.93. The lowest BCUT2D eigenvalue weighted by Gasteiger charge is -2.31. The summed E-state index contributed by atoms with van der Waals surface area (Å²) in [4.78, 5) is 17.5. The number of benzene rings is 4. The molecule has 4 rings (SSSR count). The van der Waals surface area contributed by atoms with E-state index in [4.69, 9.17) is 0 Å². The minimum Gasteiger partial charge on any atom is -0.386 e. The average Bonchev–Trinajstić information content (AvgIpc) is 2.99. The van der Waals surface area contributed by atoms with Crippen LogP contribution in [0.5, 0.6) is 0 Å². The molecule has 0 heterocycles. The Balaban J connectivity index is 1.51. The highest BCUT2D eigenvalue weighted by atomic mass is 16.3. The third-order valence-corrected chi connectivity index (χ3v) is 7.66. The molecule has 4 aromatic carbocycles. The van der Waals surface area contributed by atoms with Gasteiger partial charge in [-0.3, -0.25) is 4.79 Å². The number of anilines is 1. The molecular formula is C35H40N2O2. The van der Waals surface area contributed by atoms with Gasteiger partial charge in [-0.05, 0) is 53.6 Å². The summed E-state index contributed by atoms with van der Waals surface area (Å²) in [5, 5.41) is 10.9. The maximum Gasteiger partial charge on any atom is 0.223 e. The van der Waals surface area contributed by atoms with Crippen LogP contribution in [0.1, 0.15) is 61.0 Å². The van der Waals surface area contributed by atoms with Crippen LogP contribution < -0.4 is 4.90 Å². The van der Waals surface area contributed by atoms with Gasteiger partial charge < -0.3 is 14.9 Å². The van der Waals surface area contributed by atoms with Crippen molar-refractivity contribution in [1.82, 2.24) is 4.90 Å². The van der Waals surface area contributed by atoms with Gasteiger partial charge in [0.1, 0.15) is 0 Å². The van der Waals surface area contributed by atoms with Gasteiger partial charge in [-0.15, -0.1) is 0 Å². The van der Waals surface area contributed by atoms with Gasteiger partial charge in [0.2, 0.25) is 5.91 Å². The van der Waals surface area contributed by atoms with Crippen LogP contribution in [0.2, 0.25) is 0 Å². The van der Waals surface area contributed by atoms with Crippen LogP contribution in [0.25, 0.3) is 0 Å². The van der Waals surface area contributed by atoms with Crippen LogP contribution in [0.15, 0.2) is 115 Å². The van der Waals surface area contributed by atoms with Gasteiger partial charge in [-0.25, -0.2) is 0 Å². The summed E-state index contributed by atoms with van der Waals surface area (Å²) in [6.07, 6.45) is 0.531. The number of likely N-dealkylation sites (N-methyl/N-ethyl adjacent to an activating group) is 1. The van der Waals surface area contributed by atoms with Crippen molar-refractivity contribution in [2.75, 3.05) is 11.9 Å².